The van der Waals surface area contributed by atoms with Crippen LogP contribution in [0.25, 0.3) is 0 Å². The van der Waals surface area contributed by atoms with E-state index in [-0.39, 0.29) is 23.0 Å². The SMILES string of the molecule is Cc1ccc(S(=O)(=O)Cc2csc(NC(=O)Cc3c(C)noc3C)n2)cc1. The number of nitrogens with one attached hydrogen (secondary N) is 1. The smallest absolute Gasteiger partial charge is 0.230 e. The van der Waals surface area contributed by atoms with Crippen LogP contribution in [0.15, 0.2) is 39.1 Å². The van der Waals surface area contributed by atoms with Crippen LogP contribution in [0.3, 0.4) is 0 Å². The van der Waals surface area contributed by atoms with Crippen molar-refractivity contribution in [1.29, 1.82) is 0 Å². The van der Waals surface area contributed by atoms with Gasteiger partial charge in [0.1, 0.15) is 5.76 Å². The molecule has 0 aliphatic rings. The van der Waals surface area contributed by atoms with Gasteiger partial charge in [0.15, 0.2) is 15.0 Å². The van der Waals surface area contributed by atoms with Crippen molar-refractivity contribution in [2.45, 2.75) is 37.8 Å². The van der Waals surface area contributed by atoms with Crippen LogP contribution in [0.2, 0.25) is 0 Å². The normalized spacial score (nSPS) is 11.5. The molecule has 3 rings (SSSR count). The average Bonchev–Trinajstić information content (AvgIpc) is 3.16. The van der Waals surface area contributed by atoms with Gasteiger partial charge in [0.05, 0.1) is 28.5 Å². The molecule has 2 aromatic heterocycles. The number of aryl methyl sites for hydroxylation is 3. The molecule has 0 unspecified atom stereocenters. The number of aromatic nitrogens is 2. The van der Waals surface area contributed by atoms with E-state index >= 15 is 0 Å². The van der Waals surface area contributed by atoms with Crippen molar-refractivity contribution in [2.24, 2.45) is 0 Å². The molecule has 0 spiro atoms. The third-order valence-electron chi connectivity index (χ3n) is 4.03. The number of nitrogens with zero attached hydrogens (tertiary/aromatic N) is 2. The topological polar surface area (TPSA) is 102 Å². The van der Waals surface area contributed by atoms with Crippen molar-refractivity contribution in [3.05, 3.63) is 57.9 Å². The Balaban J connectivity index is 1.66. The Morgan fingerprint density at radius 3 is 2.52 bits per heavy atom. The van der Waals surface area contributed by atoms with Crippen molar-refractivity contribution in [2.75, 3.05) is 5.32 Å². The number of thiazole rings is 1. The number of sulfone groups is 1. The van der Waals surface area contributed by atoms with Gasteiger partial charge in [-0.3, -0.25) is 4.79 Å². The highest BCUT2D eigenvalue weighted by molar-refractivity contribution is 7.90. The minimum absolute atomic E-state index is 0.123. The summed E-state index contributed by atoms with van der Waals surface area (Å²) in [5, 5.41) is 8.51. The Morgan fingerprint density at radius 2 is 1.89 bits per heavy atom. The lowest BCUT2D eigenvalue weighted by atomic mass is 10.1. The van der Waals surface area contributed by atoms with Gasteiger partial charge >= 0.3 is 0 Å². The monoisotopic (exact) mass is 405 g/mol. The highest BCUT2D eigenvalue weighted by Crippen LogP contribution is 2.22. The number of carbonyl (C=O) groups is 1. The van der Waals surface area contributed by atoms with Gasteiger partial charge in [-0.2, -0.15) is 0 Å². The minimum atomic E-state index is -3.49. The fourth-order valence-electron chi connectivity index (χ4n) is 2.53. The van der Waals surface area contributed by atoms with Crippen LogP contribution in [0, 0.1) is 20.8 Å². The summed E-state index contributed by atoms with van der Waals surface area (Å²) in [6.07, 6.45) is 0.123. The molecule has 27 heavy (non-hydrogen) atoms. The first-order valence-electron chi connectivity index (χ1n) is 8.20. The van der Waals surface area contributed by atoms with Crippen molar-refractivity contribution < 1.29 is 17.7 Å². The van der Waals surface area contributed by atoms with Gasteiger partial charge in [-0.15, -0.1) is 11.3 Å². The standard InChI is InChI=1S/C18H19N3O4S2/c1-11-4-6-15(7-5-11)27(23,24)10-14-9-26-18(19-14)20-17(22)8-16-12(2)21-25-13(16)3/h4-7,9H,8,10H2,1-3H3,(H,19,20,22). The molecule has 2 heterocycles. The van der Waals surface area contributed by atoms with E-state index in [1.54, 1.807) is 43.5 Å². The summed E-state index contributed by atoms with van der Waals surface area (Å²) in [6, 6.07) is 6.69. The summed E-state index contributed by atoms with van der Waals surface area (Å²) in [4.78, 5) is 16.7. The van der Waals surface area contributed by atoms with Crippen molar-refractivity contribution >= 4 is 32.2 Å². The lowest BCUT2D eigenvalue weighted by molar-refractivity contribution is -0.115. The average molecular weight is 406 g/mol. The molecule has 0 radical (unpaired) electrons. The second kappa shape index (κ2) is 7.61. The molecule has 0 atom stereocenters. The van der Waals surface area contributed by atoms with Crippen LogP contribution in [0.4, 0.5) is 5.13 Å². The largest absolute Gasteiger partial charge is 0.361 e. The predicted octanol–water partition coefficient (Wildman–Crippen LogP) is 3.21. The van der Waals surface area contributed by atoms with Gasteiger partial charge in [-0.1, -0.05) is 22.9 Å². The zero-order valence-electron chi connectivity index (χ0n) is 15.1. The third-order valence-corrected chi connectivity index (χ3v) is 6.51. The van der Waals surface area contributed by atoms with Gasteiger partial charge in [0.25, 0.3) is 0 Å². The van der Waals surface area contributed by atoms with Crippen LogP contribution in [-0.2, 0) is 26.8 Å². The maximum absolute atomic E-state index is 12.5. The molecular formula is C18H19N3O4S2. The van der Waals surface area contributed by atoms with E-state index < -0.39 is 9.84 Å². The first-order chi connectivity index (χ1) is 12.7. The highest BCUT2D eigenvalue weighted by Gasteiger charge is 2.18. The van der Waals surface area contributed by atoms with Gasteiger partial charge in [-0.05, 0) is 32.9 Å². The first-order valence-corrected chi connectivity index (χ1v) is 10.7. The minimum Gasteiger partial charge on any atom is -0.361 e. The molecule has 7 nitrogen and oxygen atoms in total. The number of hydrogen-bond donors (Lipinski definition) is 1. The molecule has 0 aliphatic carbocycles. The van der Waals surface area contributed by atoms with E-state index in [1.807, 2.05) is 6.92 Å². The van der Waals surface area contributed by atoms with Crippen LogP contribution in [0.5, 0.6) is 0 Å². The van der Waals surface area contributed by atoms with E-state index in [2.05, 4.69) is 15.5 Å². The van der Waals surface area contributed by atoms with Gasteiger partial charge in [0.2, 0.25) is 5.91 Å². The molecule has 0 bridgehead atoms. The van der Waals surface area contributed by atoms with E-state index in [1.165, 1.54) is 11.3 Å². The number of amides is 1. The molecular weight excluding hydrogens is 386 g/mol. The molecule has 0 saturated heterocycles. The number of rotatable bonds is 6. The van der Waals surface area contributed by atoms with Gasteiger partial charge in [-0.25, -0.2) is 13.4 Å². The highest BCUT2D eigenvalue weighted by atomic mass is 32.2. The van der Waals surface area contributed by atoms with Crippen LogP contribution in [0.1, 0.15) is 28.3 Å². The van der Waals surface area contributed by atoms with E-state index in [9.17, 15) is 13.2 Å². The zero-order chi connectivity index (χ0) is 19.6. The summed E-state index contributed by atoms with van der Waals surface area (Å²) in [6.45, 7) is 5.42. The maximum Gasteiger partial charge on any atom is 0.230 e. The number of carbonyl (C=O) groups excluding carboxylic acids is 1. The quantitative estimate of drug-likeness (QED) is 0.676. The predicted molar refractivity (Wildman–Crippen MR) is 102 cm³/mol. The molecule has 1 amide bonds. The van der Waals surface area contributed by atoms with Gasteiger partial charge in [0, 0.05) is 10.9 Å². The molecule has 3 aromatic rings. The van der Waals surface area contributed by atoms with E-state index in [0.29, 0.717) is 22.3 Å². The van der Waals surface area contributed by atoms with Crippen LogP contribution < -0.4 is 5.32 Å². The Labute approximate surface area is 161 Å². The maximum atomic E-state index is 12.5. The summed E-state index contributed by atoms with van der Waals surface area (Å²) in [7, 11) is -3.49. The molecule has 9 heteroatoms. The lowest BCUT2D eigenvalue weighted by Crippen LogP contribution is -2.15. The van der Waals surface area contributed by atoms with Crippen molar-refractivity contribution in [3.8, 4) is 0 Å². The summed E-state index contributed by atoms with van der Waals surface area (Å²) < 4.78 is 30.0. The Morgan fingerprint density at radius 1 is 1.19 bits per heavy atom. The third kappa shape index (κ3) is 4.61. The summed E-state index contributed by atoms with van der Waals surface area (Å²) >= 11 is 1.19. The Kier molecular flexibility index (Phi) is 5.43. The fourth-order valence-corrected chi connectivity index (χ4v) is 4.62. The molecule has 1 aromatic carbocycles. The molecule has 142 valence electrons. The Bertz CT molecular complexity index is 1050. The van der Waals surface area contributed by atoms with E-state index in [4.69, 9.17) is 4.52 Å². The van der Waals surface area contributed by atoms with Crippen LogP contribution in [-0.4, -0.2) is 24.5 Å². The van der Waals surface area contributed by atoms with Crippen molar-refractivity contribution in [3.63, 3.8) is 0 Å². The van der Waals surface area contributed by atoms with Crippen molar-refractivity contribution in [1.82, 2.24) is 10.1 Å². The zero-order valence-corrected chi connectivity index (χ0v) is 16.8. The number of benzene rings is 1. The molecule has 0 aliphatic heterocycles. The number of anilines is 1. The van der Waals surface area contributed by atoms with Gasteiger partial charge < -0.3 is 9.84 Å². The molecule has 0 saturated carbocycles. The second-order valence-electron chi connectivity index (χ2n) is 6.24. The summed E-state index contributed by atoms with van der Waals surface area (Å²) in [5.74, 6) is 0.130. The second-order valence-corrected chi connectivity index (χ2v) is 9.09. The lowest BCUT2D eigenvalue weighted by Gasteiger charge is -2.03. The first kappa shape index (κ1) is 19.2. The Hall–Kier alpha value is -2.52. The van der Waals surface area contributed by atoms with E-state index in [0.717, 1.165) is 11.1 Å². The summed E-state index contributed by atoms with van der Waals surface area (Å²) in [5.41, 5.74) is 2.80. The fraction of sp³-hybridized carbons (Fsp3) is 0.278. The number of hydrogen-bond acceptors (Lipinski definition) is 7. The van der Waals surface area contributed by atoms with Crippen LogP contribution >= 0.6 is 11.3 Å². The molecule has 0 fully saturated rings. The molecule has 1 N–H and O–H groups in total.